The predicted molar refractivity (Wildman–Crippen MR) is 48.8 cm³/mol. The summed E-state index contributed by atoms with van der Waals surface area (Å²) in [6.45, 7) is 7.48. The van der Waals surface area contributed by atoms with Crippen LogP contribution in [0.5, 0.6) is 0 Å². The van der Waals surface area contributed by atoms with Crippen LogP contribution in [0.4, 0.5) is 0 Å². The number of hydrogen-bond donors (Lipinski definition) is 1. The number of morpholine rings is 1. The standard InChI is InChI=1S/C9H18N2O2/c1-2-10-5-6-13-9(7-10)3-4-11(12)8-9/h12H,2-8H2,1H3. The Kier molecular flexibility index (Phi) is 2.55. The van der Waals surface area contributed by atoms with Gasteiger partial charge in [-0.2, -0.15) is 5.06 Å². The van der Waals surface area contributed by atoms with Crippen molar-refractivity contribution in [2.75, 3.05) is 39.3 Å². The van der Waals surface area contributed by atoms with Gasteiger partial charge in [0, 0.05) is 19.6 Å². The first-order valence-electron chi connectivity index (χ1n) is 5.04. The molecule has 76 valence electrons. The van der Waals surface area contributed by atoms with Crippen molar-refractivity contribution >= 4 is 0 Å². The lowest BCUT2D eigenvalue weighted by molar-refractivity contribution is -0.133. The molecule has 2 fully saturated rings. The molecule has 1 unspecified atom stereocenters. The fourth-order valence-electron chi connectivity index (χ4n) is 2.26. The molecule has 2 rings (SSSR count). The van der Waals surface area contributed by atoms with Gasteiger partial charge in [0.2, 0.25) is 0 Å². The topological polar surface area (TPSA) is 35.9 Å². The maximum atomic E-state index is 9.34. The molecule has 2 heterocycles. The first-order valence-corrected chi connectivity index (χ1v) is 5.04. The number of rotatable bonds is 1. The van der Waals surface area contributed by atoms with E-state index in [0.717, 1.165) is 39.2 Å². The third-order valence-corrected chi connectivity index (χ3v) is 3.07. The lowest BCUT2D eigenvalue weighted by Gasteiger charge is -2.39. The Bertz CT molecular complexity index is 184. The van der Waals surface area contributed by atoms with E-state index >= 15 is 0 Å². The van der Waals surface area contributed by atoms with Crippen LogP contribution in [0.25, 0.3) is 0 Å². The molecular weight excluding hydrogens is 168 g/mol. The van der Waals surface area contributed by atoms with Crippen LogP contribution in [-0.2, 0) is 4.74 Å². The average molecular weight is 186 g/mol. The molecule has 2 aliphatic rings. The molecule has 0 aromatic carbocycles. The van der Waals surface area contributed by atoms with Crippen molar-refractivity contribution in [2.24, 2.45) is 0 Å². The highest BCUT2D eigenvalue weighted by molar-refractivity contribution is 4.94. The Morgan fingerprint density at radius 1 is 1.38 bits per heavy atom. The van der Waals surface area contributed by atoms with E-state index in [2.05, 4.69) is 11.8 Å². The van der Waals surface area contributed by atoms with Gasteiger partial charge in [0.25, 0.3) is 0 Å². The first-order chi connectivity index (χ1) is 6.24. The van der Waals surface area contributed by atoms with Gasteiger partial charge in [-0.1, -0.05) is 6.92 Å². The molecule has 0 saturated carbocycles. The summed E-state index contributed by atoms with van der Waals surface area (Å²) in [7, 11) is 0. The molecule has 4 nitrogen and oxygen atoms in total. The van der Waals surface area contributed by atoms with Crippen molar-refractivity contribution < 1.29 is 9.94 Å². The third kappa shape index (κ3) is 1.86. The quantitative estimate of drug-likeness (QED) is 0.633. The number of ether oxygens (including phenoxy) is 1. The van der Waals surface area contributed by atoms with Gasteiger partial charge < -0.3 is 9.94 Å². The number of likely N-dealkylation sites (N-methyl/N-ethyl adjacent to an activating group) is 1. The minimum atomic E-state index is -0.0803. The van der Waals surface area contributed by atoms with Gasteiger partial charge in [-0.15, -0.1) is 0 Å². The maximum absolute atomic E-state index is 9.34. The molecular formula is C9H18N2O2. The molecule has 1 spiro atoms. The summed E-state index contributed by atoms with van der Waals surface area (Å²) in [5.74, 6) is 0. The van der Waals surface area contributed by atoms with E-state index < -0.39 is 0 Å². The van der Waals surface area contributed by atoms with Crippen molar-refractivity contribution in [2.45, 2.75) is 18.9 Å². The molecule has 0 aliphatic carbocycles. The van der Waals surface area contributed by atoms with E-state index in [1.807, 2.05) is 0 Å². The van der Waals surface area contributed by atoms with E-state index in [9.17, 15) is 5.21 Å². The number of hydrogen-bond acceptors (Lipinski definition) is 4. The summed E-state index contributed by atoms with van der Waals surface area (Å²) in [5, 5.41) is 10.7. The van der Waals surface area contributed by atoms with Gasteiger partial charge in [0.15, 0.2) is 0 Å². The summed E-state index contributed by atoms with van der Waals surface area (Å²) >= 11 is 0. The minimum absolute atomic E-state index is 0.0803. The normalized spacial score (nSPS) is 37.4. The second-order valence-corrected chi connectivity index (χ2v) is 4.04. The fourth-order valence-corrected chi connectivity index (χ4v) is 2.26. The van der Waals surface area contributed by atoms with E-state index in [1.165, 1.54) is 5.06 Å². The van der Waals surface area contributed by atoms with Crippen LogP contribution in [0, 0.1) is 0 Å². The van der Waals surface area contributed by atoms with Crippen molar-refractivity contribution in [1.29, 1.82) is 0 Å². The van der Waals surface area contributed by atoms with Gasteiger partial charge in [0.05, 0.1) is 18.8 Å². The highest BCUT2D eigenvalue weighted by Crippen LogP contribution is 2.27. The first kappa shape index (κ1) is 9.40. The lowest BCUT2D eigenvalue weighted by Crippen LogP contribution is -2.52. The van der Waals surface area contributed by atoms with E-state index in [-0.39, 0.29) is 5.60 Å². The molecule has 0 aromatic heterocycles. The molecule has 0 radical (unpaired) electrons. The Hall–Kier alpha value is -0.160. The smallest absolute Gasteiger partial charge is 0.0971 e. The van der Waals surface area contributed by atoms with Crippen molar-refractivity contribution in [3.05, 3.63) is 0 Å². The average Bonchev–Trinajstić information content (AvgIpc) is 2.47. The van der Waals surface area contributed by atoms with Gasteiger partial charge >= 0.3 is 0 Å². The van der Waals surface area contributed by atoms with E-state index in [0.29, 0.717) is 6.54 Å². The van der Waals surface area contributed by atoms with Gasteiger partial charge in [-0.25, -0.2) is 0 Å². The molecule has 1 atom stereocenters. The molecule has 13 heavy (non-hydrogen) atoms. The zero-order valence-corrected chi connectivity index (χ0v) is 8.20. The second kappa shape index (κ2) is 3.53. The van der Waals surface area contributed by atoms with Gasteiger partial charge in [0.1, 0.15) is 0 Å². The van der Waals surface area contributed by atoms with E-state index in [4.69, 9.17) is 4.74 Å². The van der Waals surface area contributed by atoms with E-state index in [1.54, 1.807) is 0 Å². The Labute approximate surface area is 79.0 Å². The maximum Gasteiger partial charge on any atom is 0.0971 e. The van der Waals surface area contributed by atoms with Crippen LogP contribution >= 0.6 is 0 Å². The third-order valence-electron chi connectivity index (χ3n) is 3.07. The summed E-state index contributed by atoms with van der Waals surface area (Å²) in [6, 6.07) is 0. The monoisotopic (exact) mass is 186 g/mol. The van der Waals surface area contributed by atoms with Crippen LogP contribution in [0.3, 0.4) is 0 Å². The molecule has 2 saturated heterocycles. The minimum Gasteiger partial charge on any atom is -0.371 e. The Balaban J connectivity index is 1.98. The van der Waals surface area contributed by atoms with Crippen LogP contribution in [0.15, 0.2) is 0 Å². The summed E-state index contributed by atoms with van der Waals surface area (Å²) in [5.41, 5.74) is -0.0803. The molecule has 0 bridgehead atoms. The summed E-state index contributed by atoms with van der Waals surface area (Å²) in [4.78, 5) is 2.39. The molecule has 4 heteroatoms. The van der Waals surface area contributed by atoms with Crippen LogP contribution in [0.1, 0.15) is 13.3 Å². The predicted octanol–water partition coefficient (Wildman–Crippen LogP) is 0.172. The SMILES string of the molecule is CCN1CCOC2(CCN(O)C2)C1. The highest BCUT2D eigenvalue weighted by Gasteiger charge is 2.42. The lowest BCUT2D eigenvalue weighted by atomic mass is 10.0. The molecule has 2 aliphatic heterocycles. The Morgan fingerprint density at radius 2 is 2.23 bits per heavy atom. The van der Waals surface area contributed by atoms with Crippen molar-refractivity contribution in [3.8, 4) is 0 Å². The fraction of sp³-hybridized carbons (Fsp3) is 1.00. The van der Waals surface area contributed by atoms with Crippen molar-refractivity contribution in [3.63, 3.8) is 0 Å². The molecule has 1 N–H and O–H groups in total. The van der Waals surface area contributed by atoms with Gasteiger partial charge in [-0.05, 0) is 13.0 Å². The van der Waals surface area contributed by atoms with Crippen LogP contribution in [-0.4, -0.2) is 60.1 Å². The molecule has 0 aromatic rings. The summed E-state index contributed by atoms with van der Waals surface area (Å²) < 4.78 is 5.79. The van der Waals surface area contributed by atoms with Crippen molar-refractivity contribution in [1.82, 2.24) is 9.96 Å². The zero-order valence-electron chi connectivity index (χ0n) is 8.20. The number of hydroxylamine groups is 2. The van der Waals surface area contributed by atoms with Gasteiger partial charge in [-0.3, -0.25) is 4.90 Å². The number of nitrogens with zero attached hydrogens (tertiary/aromatic N) is 2. The zero-order chi connectivity index (χ0) is 9.31. The summed E-state index contributed by atoms with van der Waals surface area (Å²) in [6.07, 6.45) is 0.958. The highest BCUT2D eigenvalue weighted by atomic mass is 16.5. The second-order valence-electron chi connectivity index (χ2n) is 4.04. The molecule has 0 amide bonds. The van der Waals surface area contributed by atoms with Crippen LogP contribution < -0.4 is 0 Å². The Morgan fingerprint density at radius 3 is 2.85 bits per heavy atom. The largest absolute Gasteiger partial charge is 0.371 e. The van der Waals surface area contributed by atoms with Crippen LogP contribution in [0.2, 0.25) is 0 Å².